The average molecular weight is 241 g/mol. The van der Waals surface area contributed by atoms with Crippen molar-refractivity contribution in [2.45, 2.75) is 19.8 Å². The second-order valence-corrected chi connectivity index (χ2v) is 5.08. The van der Waals surface area contributed by atoms with E-state index in [2.05, 4.69) is 28.9 Å². The molecule has 3 rings (SSSR count). The van der Waals surface area contributed by atoms with E-state index in [4.69, 9.17) is 5.73 Å². The summed E-state index contributed by atoms with van der Waals surface area (Å²) in [6.07, 6.45) is 6.41. The molecule has 1 aromatic heterocycles. The minimum absolute atomic E-state index is 0.873. The fourth-order valence-electron chi connectivity index (χ4n) is 2.47. The molecule has 1 aliphatic carbocycles. The van der Waals surface area contributed by atoms with Gasteiger partial charge in [0.15, 0.2) is 0 Å². The van der Waals surface area contributed by atoms with Gasteiger partial charge in [-0.2, -0.15) is 0 Å². The highest BCUT2D eigenvalue weighted by Gasteiger charge is 2.24. The number of pyridine rings is 1. The van der Waals surface area contributed by atoms with E-state index >= 15 is 0 Å². The van der Waals surface area contributed by atoms with Crippen LogP contribution in [0.15, 0.2) is 30.6 Å². The highest BCUT2D eigenvalue weighted by atomic mass is 15.1. The summed E-state index contributed by atoms with van der Waals surface area (Å²) in [6.45, 7) is 4.34. The van der Waals surface area contributed by atoms with Gasteiger partial charge in [-0.25, -0.2) is 0 Å². The highest BCUT2D eigenvalue weighted by Crippen LogP contribution is 2.35. The molecule has 0 radical (unpaired) electrons. The number of nitrogens with two attached hydrogens (primary N) is 1. The first-order chi connectivity index (χ1) is 8.79. The molecular formula is C15H19N3. The third-order valence-electron chi connectivity index (χ3n) is 3.74. The molecule has 0 bridgehead atoms. The van der Waals surface area contributed by atoms with Gasteiger partial charge in [0.05, 0.1) is 11.4 Å². The van der Waals surface area contributed by atoms with E-state index in [9.17, 15) is 0 Å². The zero-order chi connectivity index (χ0) is 12.5. The molecule has 0 aliphatic heterocycles. The normalized spacial score (nSPS) is 14.9. The number of benzene rings is 1. The van der Waals surface area contributed by atoms with Crippen LogP contribution in [0, 0.1) is 5.92 Å². The molecule has 1 aromatic carbocycles. The fourth-order valence-corrected chi connectivity index (χ4v) is 2.47. The van der Waals surface area contributed by atoms with Gasteiger partial charge in [0, 0.05) is 36.3 Å². The number of aromatic nitrogens is 1. The minimum Gasteiger partial charge on any atom is -0.397 e. The van der Waals surface area contributed by atoms with Crippen LogP contribution in [0.4, 0.5) is 11.4 Å². The number of rotatable bonds is 4. The third kappa shape index (κ3) is 2.01. The summed E-state index contributed by atoms with van der Waals surface area (Å²) in [5, 5.41) is 2.22. The predicted molar refractivity (Wildman–Crippen MR) is 76.8 cm³/mol. The van der Waals surface area contributed by atoms with Crippen molar-refractivity contribution in [2.24, 2.45) is 5.92 Å². The van der Waals surface area contributed by atoms with E-state index in [-0.39, 0.29) is 0 Å². The third-order valence-corrected chi connectivity index (χ3v) is 3.74. The quantitative estimate of drug-likeness (QED) is 0.836. The summed E-state index contributed by atoms with van der Waals surface area (Å²) in [5.41, 5.74) is 8.38. The van der Waals surface area contributed by atoms with Crippen molar-refractivity contribution in [3.63, 3.8) is 0 Å². The Morgan fingerprint density at radius 1 is 1.33 bits per heavy atom. The minimum atomic E-state index is 0.873. The number of anilines is 2. The van der Waals surface area contributed by atoms with E-state index in [0.717, 1.165) is 35.5 Å². The molecule has 94 valence electrons. The van der Waals surface area contributed by atoms with Gasteiger partial charge in [0.25, 0.3) is 0 Å². The zero-order valence-corrected chi connectivity index (χ0v) is 10.8. The van der Waals surface area contributed by atoms with Crippen molar-refractivity contribution in [1.29, 1.82) is 0 Å². The van der Waals surface area contributed by atoms with Crippen molar-refractivity contribution in [1.82, 2.24) is 4.98 Å². The molecule has 2 aromatic rings. The lowest BCUT2D eigenvalue weighted by atomic mass is 10.1. The molecule has 18 heavy (non-hydrogen) atoms. The first kappa shape index (κ1) is 11.3. The SMILES string of the molecule is CCN(CC1CC1)c1ccc2cnccc2c1N. The monoisotopic (exact) mass is 241 g/mol. The Morgan fingerprint density at radius 3 is 2.89 bits per heavy atom. The van der Waals surface area contributed by atoms with Crippen molar-refractivity contribution in [3.8, 4) is 0 Å². The van der Waals surface area contributed by atoms with E-state index < -0.39 is 0 Å². The van der Waals surface area contributed by atoms with Gasteiger partial charge in [-0.15, -0.1) is 0 Å². The molecular weight excluding hydrogens is 222 g/mol. The van der Waals surface area contributed by atoms with Gasteiger partial charge < -0.3 is 10.6 Å². The molecule has 2 N–H and O–H groups in total. The maximum Gasteiger partial charge on any atom is 0.0632 e. The molecule has 0 amide bonds. The summed E-state index contributed by atoms with van der Waals surface area (Å²) in [5.74, 6) is 0.873. The highest BCUT2D eigenvalue weighted by molar-refractivity contribution is 5.98. The molecule has 1 fully saturated rings. The van der Waals surface area contributed by atoms with Gasteiger partial charge >= 0.3 is 0 Å². The lowest BCUT2D eigenvalue weighted by Crippen LogP contribution is -2.26. The number of hydrogen-bond donors (Lipinski definition) is 1. The first-order valence-electron chi connectivity index (χ1n) is 6.66. The second kappa shape index (κ2) is 4.48. The van der Waals surface area contributed by atoms with Crippen molar-refractivity contribution in [2.75, 3.05) is 23.7 Å². The molecule has 3 heteroatoms. The summed E-state index contributed by atoms with van der Waals surface area (Å²) < 4.78 is 0. The largest absolute Gasteiger partial charge is 0.397 e. The van der Waals surface area contributed by atoms with Crippen LogP contribution in [0.2, 0.25) is 0 Å². The number of fused-ring (bicyclic) bond motifs is 1. The van der Waals surface area contributed by atoms with Crippen LogP contribution < -0.4 is 10.6 Å². The van der Waals surface area contributed by atoms with Crippen LogP contribution in [-0.4, -0.2) is 18.1 Å². The fraction of sp³-hybridized carbons (Fsp3) is 0.400. The molecule has 1 aliphatic rings. The number of nitrogens with zero attached hydrogens (tertiary/aromatic N) is 2. The Hall–Kier alpha value is -1.77. The van der Waals surface area contributed by atoms with Gasteiger partial charge in [-0.1, -0.05) is 6.07 Å². The first-order valence-corrected chi connectivity index (χ1v) is 6.66. The Labute approximate surface area is 108 Å². The summed E-state index contributed by atoms with van der Waals surface area (Å²) in [4.78, 5) is 6.53. The summed E-state index contributed by atoms with van der Waals surface area (Å²) >= 11 is 0. The average Bonchev–Trinajstić information content (AvgIpc) is 3.21. The van der Waals surface area contributed by atoms with Gasteiger partial charge in [0.1, 0.15) is 0 Å². The second-order valence-electron chi connectivity index (χ2n) is 5.08. The molecule has 0 spiro atoms. The predicted octanol–water partition coefficient (Wildman–Crippen LogP) is 3.05. The Kier molecular flexibility index (Phi) is 2.82. The lowest BCUT2D eigenvalue weighted by molar-refractivity contribution is 0.743. The van der Waals surface area contributed by atoms with E-state index in [0.29, 0.717) is 0 Å². The van der Waals surface area contributed by atoms with Gasteiger partial charge in [-0.3, -0.25) is 4.98 Å². The van der Waals surface area contributed by atoms with Crippen molar-refractivity contribution in [3.05, 3.63) is 30.6 Å². The standard InChI is InChI=1S/C15H19N3/c1-2-18(10-11-3-4-11)14-6-5-12-9-17-8-7-13(12)15(14)16/h5-9,11H,2-4,10,16H2,1H3. The zero-order valence-electron chi connectivity index (χ0n) is 10.8. The number of nitrogen functional groups attached to an aromatic ring is 1. The van der Waals surface area contributed by atoms with Gasteiger partial charge in [0.2, 0.25) is 0 Å². The van der Waals surface area contributed by atoms with E-state index in [1.807, 2.05) is 12.3 Å². The Bertz CT molecular complexity index is 561. The molecule has 3 nitrogen and oxygen atoms in total. The lowest BCUT2D eigenvalue weighted by Gasteiger charge is -2.25. The molecule has 0 unspecified atom stereocenters. The summed E-state index contributed by atoms with van der Waals surface area (Å²) in [6, 6.07) is 6.24. The van der Waals surface area contributed by atoms with Crippen LogP contribution in [0.3, 0.4) is 0 Å². The Morgan fingerprint density at radius 2 is 2.17 bits per heavy atom. The Balaban J connectivity index is 2.01. The van der Waals surface area contributed by atoms with Crippen LogP contribution >= 0.6 is 0 Å². The van der Waals surface area contributed by atoms with Crippen LogP contribution in [0.1, 0.15) is 19.8 Å². The topological polar surface area (TPSA) is 42.2 Å². The maximum atomic E-state index is 6.32. The van der Waals surface area contributed by atoms with Gasteiger partial charge in [-0.05, 0) is 37.8 Å². The van der Waals surface area contributed by atoms with Crippen molar-refractivity contribution < 1.29 is 0 Å². The molecule has 0 saturated heterocycles. The smallest absolute Gasteiger partial charge is 0.0632 e. The summed E-state index contributed by atoms with van der Waals surface area (Å²) in [7, 11) is 0. The molecule has 1 saturated carbocycles. The van der Waals surface area contributed by atoms with Crippen molar-refractivity contribution >= 4 is 22.1 Å². The van der Waals surface area contributed by atoms with Crippen LogP contribution in [0.25, 0.3) is 10.8 Å². The van der Waals surface area contributed by atoms with E-state index in [1.165, 1.54) is 18.5 Å². The molecule has 1 heterocycles. The van der Waals surface area contributed by atoms with Crippen LogP contribution in [-0.2, 0) is 0 Å². The maximum absolute atomic E-state index is 6.32. The molecule has 0 atom stereocenters. The van der Waals surface area contributed by atoms with Crippen LogP contribution in [0.5, 0.6) is 0 Å². The number of hydrogen-bond acceptors (Lipinski definition) is 3. The van der Waals surface area contributed by atoms with E-state index in [1.54, 1.807) is 6.20 Å².